The molecule has 3 N–H and O–H groups in total. The Bertz CT molecular complexity index is 1130. The summed E-state index contributed by atoms with van der Waals surface area (Å²) in [5.41, 5.74) is -0.178. The Hall–Kier alpha value is -3.56. The predicted octanol–water partition coefficient (Wildman–Crippen LogP) is 2.62. The van der Waals surface area contributed by atoms with Crippen LogP contribution in [0.5, 0.6) is 11.5 Å². The molecule has 1 aliphatic rings. The molecule has 0 aromatic heterocycles. The van der Waals surface area contributed by atoms with Gasteiger partial charge >= 0.3 is 5.97 Å². The summed E-state index contributed by atoms with van der Waals surface area (Å²) in [5, 5.41) is 34.6. The van der Waals surface area contributed by atoms with Gasteiger partial charge in [-0.1, -0.05) is 24.3 Å². The van der Waals surface area contributed by atoms with E-state index >= 15 is 0 Å². The van der Waals surface area contributed by atoms with E-state index in [1.54, 1.807) is 24.3 Å². The highest BCUT2D eigenvalue weighted by atomic mass is 16.8. The van der Waals surface area contributed by atoms with Gasteiger partial charge in [-0.2, -0.15) is 0 Å². The van der Waals surface area contributed by atoms with E-state index in [4.69, 9.17) is 14.6 Å². The molecule has 0 fully saturated rings. The molecular formula is C19H15N2O7-. The van der Waals surface area contributed by atoms with Gasteiger partial charge in [0.1, 0.15) is 6.04 Å². The van der Waals surface area contributed by atoms with E-state index < -0.39 is 17.9 Å². The third kappa shape index (κ3) is 2.73. The number of rotatable bonds is 4. The number of carboxylic acid groups (broad SMARTS) is 1. The van der Waals surface area contributed by atoms with Crippen LogP contribution in [0.3, 0.4) is 0 Å². The summed E-state index contributed by atoms with van der Waals surface area (Å²) in [7, 11) is 0. The number of fused-ring (bicyclic) bond motifs is 5. The van der Waals surface area contributed by atoms with Gasteiger partial charge in [0.05, 0.1) is 11.3 Å². The molecule has 3 aromatic rings. The lowest BCUT2D eigenvalue weighted by atomic mass is 9.94. The van der Waals surface area contributed by atoms with Crippen LogP contribution in [0.15, 0.2) is 36.4 Å². The van der Waals surface area contributed by atoms with Gasteiger partial charge in [0.15, 0.2) is 11.5 Å². The normalized spacial score (nSPS) is 13.5. The number of hydrogen-bond donors (Lipinski definition) is 3. The molecule has 1 aliphatic heterocycles. The molecular weight excluding hydrogens is 368 g/mol. The molecule has 1 heterocycles. The minimum atomic E-state index is -1.21. The van der Waals surface area contributed by atoms with Gasteiger partial charge in [0.2, 0.25) is 6.79 Å². The molecule has 1 amide bonds. The van der Waals surface area contributed by atoms with Crippen LogP contribution in [-0.4, -0.2) is 35.0 Å². The van der Waals surface area contributed by atoms with Crippen LogP contribution in [0.2, 0.25) is 0 Å². The van der Waals surface area contributed by atoms with Gasteiger partial charge in [-0.05, 0) is 29.8 Å². The number of ether oxygens (including phenoxy) is 2. The van der Waals surface area contributed by atoms with E-state index in [1.807, 2.05) is 0 Å². The highest BCUT2D eigenvalue weighted by molar-refractivity contribution is 6.23. The highest BCUT2D eigenvalue weighted by Gasteiger charge is 2.27. The van der Waals surface area contributed by atoms with Crippen molar-refractivity contribution in [1.29, 1.82) is 0 Å². The van der Waals surface area contributed by atoms with E-state index in [-0.39, 0.29) is 28.7 Å². The lowest BCUT2D eigenvalue weighted by molar-refractivity contribution is -0.138. The number of carbonyl (C=O) groups excluding carboxylic acids is 1. The summed E-state index contributed by atoms with van der Waals surface area (Å²) in [5.74, 6) is -1.30. The first-order valence-corrected chi connectivity index (χ1v) is 8.36. The van der Waals surface area contributed by atoms with Crippen LogP contribution in [0.4, 0.5) is 5.69 Å². The van der Waals surface area contributed by atoms with Crippen molar-refractivity contribution in [1.82, 2.24) is 5.32 Å². The molecule has 0 spiro atoms. The molecule has 0 aliphatic carbocycles. The summed E-state index contributed by atoms with van der Waals surface area (Å²) in [6.45, 7) is 1.25. The number of anilines is 1. The fourth-order valence-corrected chi connectivity index (χ4v) is 3.30. The van der Waals surface area contributed by atoms with Crippen LogP contribution in [0.25, 0.3) is 21.5 Å². The Morgan fingerprint density at radius 2 is 1.96 bits per heavy atom. The van der Waals surface area contributed by atoms with Crippen molar-refractivity contribution >= 4 is 39.1 Å². The molecule has 3 aromatic carbocycles. The molecule has 28 heavy (non-hydrogen) atoms. The lowest BCUT2D eigenvalue weighted by Gasteiger charge is -2.26. The minimum absolute atomic E-state index is 0.0111. The molecule has 0 bridgehead atoms. The maximum absolute atomic E-state index is 12.8. The zero-order valence-corrected chi connectivity index (χ0v) is 14.6. The standard InChI is InChI=1S/C19H15N2O7/c1-9(19(23)24)20-18(22)12-7-14-17(28-8-27-14)16-11-5-3-2-4-10(11)6-13(15(12)16)21(25)26/h2-7,9,25H,8H2,1H3,(H,20,22)(H,23,24)/q-1. The quantitative estimate of drug-likeness (QED) is 0.463. The second-order valence-corrected chi connectivity index (χ2v) is 6.33. The molecule has 1 unspecified atom stereocenters. The number of carbonyl (C=O) groups is 2. The molecule has 0 saturated heterocycles. The maximum atomic E-state index is 12.8. The Morgan fingerprint density at radius 1 is 1.21 bits per heavy atom. The molecule has 1 atom stereocenters. The summed E-state index contributed by atoms with van der Waals surface area (Å²) in [6, 6.07) is 8.76. The number of amides is 1. The average molecular weight is 383 g/mol. The van der Waals surface area contributed by atoms with Gasteiger partial charge in [-0.3, -0.25) is 14.8 Å². The number of hydrogen-bond acceptors (Lipinski definition) is 7. The van der Waals surface area contributed by atoms with Gasteiger partial charge in [0, 0.05) is 10.8 Å². The van der Waals surface area contributed by atoms with Gasteiger partial charge < -0.3 is 30.3 Å². The first-order valence-electron chi connectivity index (χ1n) is 8.36. The van der Waals surface area contributed by atoms with E-state index in [9.17, 15) is 20.0 Å². The summed E-state index contributed by atoms with van der Waals surface area (Å²) in [4.78, 5) is 23.9. The molecule has 4 rings (SSSR count). The Kier molecular flexibility index (Phi) is 4.17. The van der Waals surface area contributed by atoms with Crippen LogP contribution < -0.4 is 20.0 Å². The lowest BCUT2D eigenvalue weighted by Crippen LogP contribution is -2.38. The van der Waals surface area contributed by atoms with Crippen LogP contribution in [0, 0.1) is 5.21 Å². The predicted molar refractivity (Wildman–Crippen MR) is 99.8 cm³/mol. The highest BCUT2D eigenvalue weighted by Crippen LogP contribution is 2.47. The zero-order valence-electron chi connectivity index (χ0n) is 14.6. The first-order chi connectivity index (χ1) is 13.4. The van der Waals surface area contributed by atoms with Gasteiger partial charge in [-0.25, -0.2) is 0 Å². The van der Waals surface area contributed by atoms with E-state index in [0.29, 0.717) is 27.7 Å². The molecule has 9 heteroatoms. The SMILES string of the molecule is CC(NC(=O)c1cc2c(c3c1c(N([O-])O)cc1ccccc13)OCO2)C(=O)O. The molecule has 144 valence electrons. The van der Waals surface area contributed by atoms with Crippen molar-refractivity contribution in [2.24, 2.45) is 0 Å². The largest absolute Gasteiger partial charge is 0.733 e. The zero-order chi connectivity index (χ0) is 20.0. The molecule has 0 saturated carbocycles. The molecule has 0 radical (unpaired) electrons. The molecule has 9 nitrogen and oxygen atoms in total. The Balaban J connectivity index is 2.08. The van der Waals surface area contributed by atoms with Gasteiger partial charge in [0.25, 0.3) is 5.91 Å². The number of carboxylic acids is 1. The van der Waals surface area contributed by atoms with E-state index in [2.05, 4.69) is 5.32 Å². The average Bonchev–Trinajstić information content (AvgIpc) is 3.14. The Labute approximate surface area is 158 Å². The fraction of sp³-hybridized carbons (Fsp3) is 0.158. The third-order valence-electron chi connectivity index (χ3n) is 4.61. The number of benzene rings is 3. The summed E-state index contributed by atoms with van der Waals surface area (Å²) in [6.07, 6.45) is 0. The summed E-state index contributed by atoms with van der Waals surface area (Å²) < 4.78 is 11.0. The topological polar surface area (TPSA) is 131 Å². The van der Waals surface area contributed by atoms with E-state index in [1.165, 1.54) is 19.1 Å². The van der Waals surface area contributed by atoms with Crippen molar-refractivity contribution in [2.45, 2.75) is 13.0 Å². The van der Waals surface area contributed by atoms with Crippen LogP contribution in [0.1, 0.15) is 17.3 Å². The fourth-order valence-electron chi connectivity index (χ4n) is 3.30. The van der Waals surface area contributed by atoms with Crippen LogP contribution in [-0.2, 0) is 4.79 Å². The van der Waals surface area contributed by atoms with Crippen molar-refractivity contribution < 1.29 is 29.4 Å². The second-order valence-electron chi connectivity index (χ2n) is 6.33. The van der Waals surface area contributed by atoms with E-state index in [0.717, 1.165) is 0 Å². The number of nitrogens with zero attached hydrogens (tertiary/aromatic N) is 1. The third-order valence-corrected chi connectivity index (χ3v) is 4.61. The monoisotopic (exact) mass is 383 g/mol. The minimum Gasteiger partial charge on any atom is -0.733 e. The van der Waals surface area contributed by atoms with Crippen molar-refractivity contribution in [2.75, 3.05) is 12.0 Å². The number of aliphatic carboxylic acids is 1. The van der Waals surface area contributed by atoms with Gasteiger partial charge in [-0.15, -0.1) is 0 Å². The number of nitrogens with one attached hydrogen (secondary N) is 1. The summed E-state index contributed by atoms with van der Waals surface area (Å²) >= 11 is 0. The Morgan fingerprint density at radius 3 is 2.68 bits per heavy atom. The smallest absolute Gasteiger partial charge is 0.325 e. The maximum Gasteiger partial charge on any atom is 0.325 e. The first kappa shape index (κ1) is 17.8. The van der Waals surface area contributed by atoms with Crippen molar-refractivity contribution in [3.05, 3.63) is 47.2 Å². The van der Waals surface area contributed by atoms with Crippen molar-refractivity contribution in [3.8, 4) is 11.5 Å². The second kappa shape index (κ2) is 6.55. The van der Waals surface area contributed by atoms with Crippen LogP contribution >= 0.6 is 0 Å². The van der Waals surface area contributed by atoms with Crippen molar-refractivity contribution in [3.63, 3.8) is 0 Å².